The molecule has 17 nitrogen and oxygen atoms in total. The second-order valence-corrected chi connectivity index (χ2v) is 20.8. The molecular weight excluding hydrogens is 989 g/mol. The molecule has 5 heterocycles. The number of likely N-dealkylation sites (tertiary alicyclic amines) is 2. The molecule has 2 aromatic carbocycles. The van der Waals surface area contributed by atoms with Crippen LogP contribution in [0.3, 0.4) is 0 Å². The van der Waals surface area contributed by atoms with E-state index in [1.807, 2.05) is 67.7 Å². The number of anilines is 1. The number of thiazole rings is 1. The normalized spacial score (nSPS) is 17.2. The lowest BCUT2D eigenvalue weighted by molar-refractivity contribution is -0.144. The number of aliphatic hydroxyl groups excluding tert-OH is 1. The molecule has 0 aliphatic carbocycles. The molecule has 7 rings (SSSR count). The highest BCUT2D eigenvalue weighted by molar-refractivity contribution is 7.13. The SMILES string of the molecule is Cc1ncsc1-c1ccc(CNC(=O)[C@@H]2C[C@@H](O)CN2C(=O)C(NC(=O)CCOCCOCCC(=O)N2CCC(n3cc(-c4cnc(N)c(O[C@H](C)c5c(Cl)ccc(F)c5Cl)c4)cn3)CC2)C(C)(C)C)cc1. The van der Waals surface area contributed by atoms with Gasteiger partial charge >= 0.3 is 0 Å². The van der Waals surface area contributed by atoms with Crippen LogP contribution < -0.4 is 21.1 Å². The van der Waals surface area contributed by atoms with E-state index in [2.05, 4.69) is 25.7 Å². The average molecular weight is 1050 g/mol. The number of hydrogen-bond acceptors (Lipinski definition) is 13. The van der Waals surface area contributed by atoms with Crippen LogP contribution >= 0.6 is 34.5 Å². The van der Waals surface area contributed by atoms with E-state index in [4.69, 9.17) is 43.1 Å². The van der Waals surface area contributed by atoms with E-state index in [-0.39, 0.29) is 98.2 Å². The summed E-state index contributed by atoms with van der Waals surface area (Å²) in [5.74, 6) is -1.40. The number of pyridine rings is 1. The number of nitrogens with zero attached hydrogens (tertiary/aromatic N) is 6. The smallest absolute Gasteiger partial charge is 0.246 e. The van der Waals surface area contributed by atoms with Crippen LogP contribution in [0.4, 0.5) is 10.2 Å². The topological polar surface area (TPSA) is 216 Å². The molecule has 0 bridgehead atoms. The maximum Gasteiger partial charge on any atom is 0.246 e. The zero-order valence-corrected chi connectivity index (χ0v) is 43.4. The van der Waals surface area contributed by atoms with Crippen LogP contribution in [0.15, 0.2) is 66.6 Å². The Kier molecular flexibility index (Phi) is 18.3. The molecule has 0 spiro atoms. The molecule has 2 fully saturated rings. The van der Waals surface area contributed by atoms with Gasteiger partial charge in [-0.05, 0) is 61.4 Å². The first-order valence-electron chi connectivity index (χ1n) is 24.0. The van der Waals surface area contributed by atoms with E-state index >= 15 is 0 Å². The fraction of sp³-hybridized carbons (Fsp3) is 0.471. The lowest BCUT2D eigenvalue weighted by atomic mass is 9.85. The minimum atomic E-state index is -0.958. The van der Waals surface area contributed by atoms with Crippen LogP contribution in [0.5, 0.6) is 5.75 Å². The van der Waals surface area contributed by atoms with Crippen LogP contribution in [0.1, 0.15) is 88.8 Å². The summed E-state index contributed by atoms with van der Waals surface area (Å²) < 4.78 is 33.4. The van der Waals surface area contributed by atoms with Crippen LogP contribution in [-0.4, -0.2) is 123 Å². The number of carbonyl (C=O) groups excluding carboxylic acids is 4. The quantitative estimate of drug-likeness (QED) is 0.0445. The van der Waals surface area contributed by atoms with Gasteiger partial charge in [-0.1, -0.05) is 68.2 Å². The van der Waals surface area contributed by atoms with Crippen molar-refractivity contribution < 1.29 is 42.9 Å². The number of aryl methyl sites for hydroxylation is 1. The maximum atomic E-state index is 14.2. The molecule has 4 amide bonds. The van der Waals surface area contributed by atoms with Crippen molar-refractivity contribution >= 4 is 64.0 Å². The first-order valence-corrected chi connectivity index (χ1v) is 25.6. The number of ether oxygens (including phenoxy) is 3. The summed E-state index contributed by atoms with van der Waals surface area (Å²) in [6.45, 7) is 11.2. The lowest BCUT2D eigenvalue weighted by Gasteiger charge is -2.35. The van der Waals surface area contributed by atoms with Gasteiger partial charge in [0.15, 0.2) is 11.6 Å². The first-order chi connectivity index (χ1) is 34.4. The van der Waals surface area contributed by atoms with Gasteiger partial charge in [0, 0.05) is 73.1 Å². The van der Waals surface area contributed by atoms with Gasteiger partial charge in [0.05, 0.1) is 72.3 Å². The maximum absolute atomic E-state index is 14.2. The highest BCUT2D eigenvalue weighted by atomic mass is 35.5. The summed E-state index contributed by atoms with van der Waals surface area (Å²) in [6, 6.07) is 10.4. The van der Waals surface area contributed by atoms with Crippen molar-refractivity contribution in [1.82, 2.24) is 40.2 Å². The van der Waals surface area contributed by atoms with Gasteiger partial charge < -0.3 is 45.5 Å². The van der Waals surface area contributed by atoms with Crippen molar-refractivity contribution in [1.29, 1.82) is 0 Å². The third-order valence-electron chi connectivity index (χ3n) is 12.8. The number of hydrogen-bond donors (Lipinski definition) is 4. The molecule has 5 aromatic rings. The second kappa shape index (κ2) is 24.3. The predicted octanol–water partition coefficient (Wildman–Crippen LogP) is 7.33. The summed E-state index contributed by atoms with van der Waals surface area (Å²) >= 11 is 14.1. The summed E-state index contributed by atoms with van der Waals surface area (Å²) in [4.78, 5) is 66.5. The van der Waals surface area contributed by atoms with Crippen LogP contribution in [0.25, 0.3) is 21.6 Å². The summed E-state index contributed by atoms with van der Waals surface area (Å²) in [5.41, 5.74) is 11.9. The number of nitrogens with two attached hydrogens (primary N) is 1. The Balaban J connectivity index is 0.780. The average Bonchev–Trinajstić information content (AvgIpc) is 4.13. The Morgan fingerprint density at radius 2 is 1.67 bits per heavy atom. The van der Waals surface area contributed by atoms with Crippen molar-refractivity contribution in [2.75, 3.05) is 51.8 Å². The monoisotopic (exact) mass is 1050 g/mol. The third kappa shape index (κ3) is 13.7. The molecule has 0 saturated carbocycles. The number of benzene rings is 2. The molecule has 72 heavy (non-hydrogen) atoms. The Bertz CT molecular complexity index is 2690. The molecule has 4 atom stereocenters. The molecule has 2 aliphatic rings. The van der Waals surface area contributed by atoms with Crippen molar-refractivity contribution in [2.45, 2.75) is 104 Å². The Morgan fingerprint density at radius 3 is 2.35 bits per heavy atom. The van der Waals surface area contributed by atoms with Crippen molar-refractivity contribution in [3.8, 4) is 27.3 Å². The minimum absolute atomic E-state index is 0.00906. The zero-order chi connectivity index (χ0) is 51.7. The van der Waals surface area contributed by atoms with Gasteiger partial charge in [0.2, 0.25) is 23.6 Å². The largest absolute Gasteiger partial charge is 0.482 e. The minimum Gasteiger partial charge on any atom is -0.482 e. The predicted molar refractivity (Wildman–Crippen MR) is 273 cm³/mol. The number of aliphatic hydroxyl groups is 1. The van der Waals surface area contributed by atoms with Gasteiger partial charge in [0.1, 0.15) is 24.0 Å². The molecule has 2 aliphatic heterocycles. The van der Waals surface area contributed by atoms with E-state index < -0.39 is 47.3 Å². The molecule has 2 saturated heterocycles. The van der Waals surface area contributed by atoms with E-state index in [0.717, 1.165) is 27.3 Å². The number of halogens is 3. The van der Waals surface area contributed by atoms with Crippen molar-refractivity contribution in [2.24, 2.45) is 5.41 Å². The first kappa shape index (κ1) is 54.1. The molecular formula is C51H62Cl2FN9O8S. The van der Waals surface area contributed by atoms with E-state index in [1.165, 1.54) is 17.0 Å². The van der Waals surface area contributed by atoms with Crippen LogP contribution in [-0.2, 0) is 35.2 Å². The Morgan fingerprint density at radius 1 is 0.958 bits per heavy atom. The zero-order valence-electron chi connectivity index (χ0n) is 41.0. The number of carbonyl (C=O) groups is 4. The van der Waals surface area contributed by atoms with Gasteiger partial charge in [-0.15, -0.1) is 11.3 Å². The number of nitrogen functional groups attached to an aromatic ring is 1. The molecule has 3 aromatic heterocycles. The van der Waals surface area contributed by atoms with Crippen molar-refractivity contribution in [3.05, 3.63) is 99.2 Å². The number of nitrogens with one attached hydrogen (secondary N) is 2. The lowest BCUT2D eigenvalue weighted by Crippen LogP contribution is -2.57. The standard InChI is InChI=1S/C51H62Cl2FN9O8S/c1-30-46(72-29-58-30)33-8-6-32(7-9-33)24-57-49(67)40-23-37(64)28-62(40)50(68)47(51(3,4)5)60-42(65)14-18-69-20-21-70-19-15-43(66)61-16-12-36(13-17-61)63-27-35(26-59-63)34-22-41(48(55)56-25-34)71-31(2)44-38(52)10-11-39(54)45(44)53/h6-11,22,25-27,29,31,36-37,40,47,64H,12-21,23-24,28H2,1-5H3,(H2,55,56)(H,57,67)(H,60,65)/t31-,37-,40+,47?/m1/s1. The van der Waals surface area contributed by atoms with E-state index in [1.54, 1.807) is 42.2 Å². The van der Waals surface area contributed by atoms with E-state index in [0.29, 0.717) is 37.1 Å². The molecule has 1 unspecified atom stereocenters. The molecule has 386 valence electrons. The number of β-amino-alcohol motifs (C(OH)–C–C–N with tert-alkyl or cyclic N) is 1. The number of rotatable bonds is 20. The summed E-state index contributed by atoms with van der Waals surface area (Å²) in [7, 11) is 0. The Hall–Kier alpha value is -5.70. The number of amides is 4. The summed E-state index contributed by atoms with van der Waals surface area (Å²) in [5, 5.41) is 21.1. The van der Waals surface area contributed by atoms with Crippen molar-refractivity contribution in [3.63, 3.8) is 0 Å². The highest BCUT2D eigenvalue weighted by Gasteiger charge is 2.44. The van der Waals surface area contributed by atoms with Crippen LogP contribution in [0, 0.1) is 18.2 Å². The third-order valence-corrected chi connectivity index (χ3v) is 14.5. The number of piperidine rings is 1. The summed E-state index contributed by atoms with van der Waals surface area (Å²) in [6.07, 6.45) is 5.39. The Labute approximate surface area is 432 Å². The van der Waals surface area contributed by atoms with E-state index in [9.17, 15) is 28.7 Å². The van der Waals surface area contributed by atoms with Gasteiger partial charge in [-0.25, -0.2) is 14.4 Å². The second-order valence-electron chi connectivity index (χ2n) is 19.1. The molecule has 5 N–H and O–H groups in total. The fourth-order valence-corrected chi connectivity index (χ4v) is 10.2. The highest BCUT2D eigenvalue weighted by Crippen LogP contribution is 2.37. The number of aromatic nitrogens is 4. The van der Waals surface area contributed by atoms with Gasteiger partial charge in [0.25, 0.3) is 0 Å². The molecule has 21 heteroatoms. The van der Waals surface area contributed by atoms with Gasteiger partial charge in [-0.2, -0.15) is 5.10 Å². The molecule has 0 radical (unpaired) electrons. The van der Waals surface area contributed by atoms with Gasteiger partial charge in [-0.3, -0.25) is 23.9 Å². The fourth-order valence-electron chi connectivity index (χ4n) is 8.76. The van der Waals surface area contributed by atoms with Crippen LogP contribution in [0.2, 0.25) is 10.0 Å².